The van der Waals surface area contributed by atoms with Gasteiger partial charge in [0.05, 0.1) is 0 Å². The summed E-state index contributed by atoms with van der Waals surface area (Å²) in [5.74, 6) is -0.820. The first-order chi connectivity index (χ1) is 11.8. The van der Waals surface area contributed by atoms with Crippen LogP contribution >= 0.6 is 11.8 Å². The highest BCUT2D eigenvalue weighted by molar-refractivity contribution is 7.99. The average molecular weight is 364 g/mol. The Labute approximate surface area is 151 Å². The Hall–Kier alpha value is -2.08. The number of nitrogens with zero attached hydrogens (tertiary/aromatic N) is 1. The van der Waals surface area contributed by atoms with Crippen LogP contribution in [0.4, 0.5) is 8.78 Å². The zero-order valence-corrected chi connectivity index (χ0v) is 15.6. The summed E-state index contributed by atoms with van der Waals surface area (Å²) in [5, 5.41) is 8.27. The molecule has 0 aliphatic rings. The molecule has 0 saturated heterocycles. The van der Waals surface area contributed by atoms with Gasteiger partial charge in [0.25, 0.3) is 5.76 Å². The van der Waals surface area contributed by atoms with Crippen LogP contribution in [0.1, 0.15) is 23.6 Å². The van der Waals surface area contributed by atoms with E-state index in [0.717, 1.165) is 23.2 Å². The molecule has 25 heavy (non-hydrogen) atoms. The summed E-state index contributed by atoms with van der Waals surface area (Å²) < 4.78 is 30.9. The van der Waals surface area contributed by atoms with Crippen LogP contribution in [0.25, 0.3) is 0 Å². The van der Waals surface area contributed by atoms with Crippen LogP contribution in [0.3, 0.4) is 0 Å². The first-order valence-corrected chi connectivity index (χ1v) is 8.83. The molecule has 0 aliphatic carbocycles. The fourth-order valence-electron chi connectivity index (χ4n) is 2.36. The van der Waals surface area contributed by atoms with Crippen LogP contribution in [0.15, 0.2) is 41.3 Å². The van der Waals surface area contributed by atoms with Crippen molar-refractivity contribution >= 4 is 17.6 Å². The fraction of sp³-hybridized carbons (Fsp3) is 0.316. The molecule has 0 aromatic heterocycles. The van der Waals surface area contributed by atoms with E-state index in [1.807, 2.05) is 44.9 Å². The first-order valence-electron chi connectivity index (χ1n) is 7.95. The smallest absolute Gasteiger partial charge is 0.288 e. The zero-order valence-electron chi connectivity index (χ0n) is 14.8. The van der Waals surface area contributed by atoms with Crippen LogP contribution in [0.5, 0.6) is 11.5 Å². The molecular formula is C19H22F2N2OS. The summed E-state index contributed by atoms with van der Waals surface area (Å²) in [6, 6.07) is 10.5. The summed E-state index contributed by atoms with van der Waals surface area (Å²) in [6.45, 7) is 6.60. The lowest BCUT2D eigenvalue weighted by Gasteiger charge is -2.20. The molecule has 2 aromatic rings. The Morgan fingerprint density at radius 3 is 2.56 bits per heavy atom. The largest absolute Gasteiger partial charge is 0.457 e. The minimum Gasteiger partial charge on any atom is -0.457 e. The molecule has 3 nitrogen and oxygen atoms in total. The van der Waals surface area contributed by atoms with Crippen molar-refractivity contribution in [2.45, 2.75) is 31.4 Å². The number of amidine groups is 1. The predicted molar refractivity (Wildman–Crippen MR) is 99.4 cm³/mol. The van der Waals surface area contributed by atoms with Crippen molar-refractivity contribution in [3.63, 3.8) is 0 Å². The summed E-state index contributed by atoms with van der Waals surface area (Å²) in [6.07, 6.45) is 0. The van der Waals surface area contributed by atoms with Crippen LogP contribution in [-0.2, 0) is 0 Å². The molecule has 2 rings (SSSR count). The number of ether oxygens (including phenoxy) is 1. The van der Waals surface area contributed by atoms with Gasteiger partial charge in [0.15, 0.2) is 0 Å². The van der Waals surface area contributed by atoms with E-state index in [1.165, 1.54) is 0 Å². The van der Waals surface area contributed by atoms with Crippen LogP contribution in [-0.4, -0.2) is 30.1 Å². The van der Waals surface area contributed by atoms with E-state index in [2.05, 4.69) is 0 Å². The number of nitrogens with one attached hydrogen (secondary N) is 1. The monoisotopic (exact) mass is 364 g/mol. The number of hydrogen-bond donors (Lipinski definition) is 1. The maximum Gasteiger partial charge on any atom is 0.288 e. The van der Waals surface area contributed by atoms with Crippen molar-refractivity contribution in [3.8, 4) is 11.5 Å². The minimum atomic E-state index is -2.46. The Morgan fingerprint density at radius 1 is 1.20 bits per heavy atom. The van der Waals surface area contributed by atoms with E-state index in [1.54, 1.807) is 24.3 Å². The number of aryl methyl sites for hydroxylation is 2. The van der Waals surface area contributed by atoms with Gasteiger partial charge in [0.1, 0.15) is 17.3 Å². The highest BCUT2D eigenvalue weighted by Crippen LogP contribution is 2.32. The van der Waals surface area contributed by atoms with Crippen molar-refractivity contribution < 1.29 is 13.5 Å². The number of hydrogen-bond acceptors (Lipinski definition) is 3. The van der Waals surface area contributed by atoms with Gasteiger partial charge in [-0.2, -0.15) is 8.78 Å². The normalized spacial score (nSPS) is 10.8. The molecule has 0 aliphatic heterocycles. The van der Waals surface area contributed by atoms with Crippen molar-refractivity contribution in [2.75, 3.05) is 13.6 Å². The third-order valence-corrected chi connectivity index (χ3v) is 4.60. The van der Waals surface area contributed by atoms with Crippen molar-refractivity contribution in [1.82, 2.24) is 4.90 Å². The molecule has 6 heteroatoms. The van der Waals surface area contributed by atoms with E-state index in [4.69, 9.17) is 10.1 Å². The lowest BCUT2D eigenvalue weighted by atomic mass is 10.0. The number of halogens is 2. The highest BCUT2D eigenvalue weighted by Gasteiger charge is 2.13. The summed E-state index contributed by atoms with van der Waals surface area (Å²) >= 11 is 0.496. The SMILES string of the molecule is CCN(C)C(=N)c1cc(C)c(Oc2cccc(SC(F)F)c2)cc1C. The molecule has 0 saturated carbocycles. The second kappa shape index (κ2) is 8.34. The number of benzene rings is 2. The lowest BCUT2D eigenvalue weighted by Crippen LogP contribution is -2.27. The van der Waals surface area contributed by atoms with Crippen molar-refractivity contribution in [1.29, 1.82) is 5.41 Å². The maximum absolute atomic E-state index is 12.5. The number of alkyl halides is 2. The molecular weight excluding hydrogens is 342 g/mol. The molecule has 0 unspecified atom stereocenters. The molecule has 2 aromatic carbocycles. The number of rotatable bonds is 6. The second-order valence-electron chi connectivity index (χ2n) is 5.75. The van der Waals surface area contributed by atoms with Gasteiger partial charge in [-0.1, -0.05) is 17.8 Å². The maximum atomic E-state index is 12.5. The fourth-order valence-corrected chi connectivity index (χ4v) is 2.91. The molecule has 0 radical (unpaired) electrons. The average Bonchev–Trinajstić information content (AvgIpc) is 2.56. The summed E-state index contributed by atoms with van der Waals surface area (Å²) in [5.41, 5.74) is 2.68. The number of thioether (sulfide) groups is 1. The van der Waals surface area contributed by atoms with Gasteiger partial charge in [-0.15, -0.1) is 0 Å². The van der Waals surface area contributed by atoms with E-state index in [0.29, 0.717) is 34.0 Å². The van der Waals surface area contributed by atoms with Gasteiger partial charge in [-0.05, 0) is 62.2 Å². The molecule has 1 N–H and O–H groups in total. The van der Waals surface area contributed by atoms with E-state index in [-0.39, 0.29) is 0 Å². The summed E-state index contributed by atoms with van der Waals surface area (Å²) in [7, 11) is 1.88. The highest BCUT2D eigenvalue weighted by atomic mass is 32.2. The Balaban J connectivity index is 2.26. The molecule has 0 heterocycles. The Morgan fingerprint density at radius 2 is 1.92 bits per heavy atom. The predicted octanol–water partition coefficient (Wildman–Crippen LogP) is 5.69. The van der Waals surface area contributed by atoms with Gasteiger partial charge in [-0.3, -0.25) is 5.41 Å². The van der Waals surface area contributed by atoms with Crippen LogP contribution in [0.2, 0.25) is 0 Å². The lowest BCUT2D eigenvalue weighted by molar-refractivity contribution is 0.252. The Bertz CT molecular complexity index is 765. The molecule has 134 valence electrons. The molecule has 0 amide bonds. The third-order valence-electron chi connectivity index (χ3n) is 3.89. The van der Waals surface area contributed by atoms with Crippen LogP contribution < -0.4 is 4.74 Å². The quantitative estimate of drug-likeness (QED) is 0.406. The molecule has 0 atom stereocenters. The third kappa shape index (κ3) is 4.95. The van der Waals surface area contributed by atoms with Gasteiger partial charge in [-0.25, -0.2) is 0 Å². The molecule has 0 bridgehead atoms. The van der Waals surface area contributed by atoms with Gasteiger partial charge >= 0.3 is 0 Å². The zero-order chi connectivity index (χ0) is 18.6. The Kier molecular flexibility index (Phi) is 6.42. The van der Waals surface area contributed by atoms with E-state index >= 15 is 0 Å². The topological polar surface area (TPSA) is 36.3 Å². The minimum absolute atomic E-state index is 0.463. The van der Waals surface area contributed by atoms with Crippen LogP contribution in [0, 0.1) is 19.3 Å². The van der Waals surface area contributed by atoms with Gasteiger partial charge in [0.2, 0.25) is 0 Å². The van der Waals surface area contributed by atoms with Crippen molar-refractivity contribution in [3.05, 3.63) is 53.1 Å². The van der Waals surface area contributed by atoms with Gasteiger partial charge < -0.3 is 9.64 Å². The first kappa shape index (κ1) is 19.2. The van der Waals surface area contributed by atoms with Gasteiger partial charge in [0, 0.05) is 24.1 Å². The molecule has 0 spiro atoms. The van der Waals surface area contributed by atoms with E-state index < -0.39 is 5.76 Å². The van der Waals surface area contributed by atoms with E-state index in [9.17, 15) is 8.78 Å². The summed E-state index contributed by atoms with van der Waals surface area (Å²) in [4.78, 5) is 2.33. The standard InChI is InChI=1S/C19H22F2N2OS/c1-5-23(4)18(22)16-9-13(3)17(10-12(16)2)24-14-7-6-8-15(11-14)25-19(20)21/h6-11,19,22H,5H2,1-4H3. The second-order valence-corrected chi connectivity index (χ2v) is 6.81. The molecule has 0 fully saturated rings. The van der Waals surface area contributed by atoms with Crippen molar-refractivity contribution in [2.24, 2.45) is 0 Å².